The van der Waals surface area contributed by atoms with E-state index in [-0.39, 0.29) is 10.8 Å². The van der Waals surface area contributed by atoms with Crippen molar-refractivity contribution < 1.29 is 0 Å². The molecule has 0 N–H and O–H groups in total. The molecule has 0 aliphatic heterocycles. The summed E-state index contributed by atoms with van der Waals surface area (Å²) in [6.45, 7) is 14.1. The lowest BCUT2D eigenvalue weighted by molar-refractivity contribution is 0.672. The summed E-state index contributed by atoms with van der Waals surface area (Å²) in [5.74, 6) is 0. The molecule has 55 heavy (non-hydrogen) atoms. The summed E-state index contributed by atoms with van der Waals surface area (Å²) in [5, 5.41) is 10.5. The molecule has 264 valence electrons. The molecule has 9 aromatic carbocycles. The van der Waals surface area contributed by atoms with E-state index in [9.17, 15) is 0 Å². The first-order valence-corrected chi connectivity index (χ1v) is 19.7. The highest BCUT2D eigenvalue weighted by atomic mass is 15.1. The molecule has 0 heterocycles. The highest BCUT2D eigenvalue weighted by Crippen LogP contribution is 2.56. The second-order valence-electron chi connectivity index (χ2n) is 17.0. The van der Waals surface area contributed by atoms with Gasteiger partial charge in [0, 0.05) is 22.2 Å². The van der Waals surface area contributed by atoms with Crippen molar-refractivity contribution in [3.8, 4) is 22.3 Å². The summed E-state index contributed by atoms with van der Waals surface area (Å²) in [4.78, 5) is 2.49. The van der Waals surface area contributed by atoms with Gasteiger partial charge in [-0.2, -0.15) is 0 Å². The number of benzene rings is 9. The zero-order valence-corrected chi connectivity index (χ0v) is 32.4. The highest BCUT2D eigenvalue weighted by molar-refractivity contribution is 6.06. The van der Waals surface area contributed by atoms with Gasteiger partial charge in [0.2, 0.25) is 0 Å². The minimum Gasteiger partial charge on any atom is -0.310 e. The SMILES string of the molecule is Cc1cccc(C)c1N(c1ccc2c3c(ccc2c1)-c1ccc2ccccc2c1C3(C)C)c1ccc2c3c(ccc2c1)-c1ccc2ccccc2c1C3(C)C. The Labute approximate surface area is 323 Å². The average Bonchev–Trinajstić information content (AvgIpc) is 3.59. The third-order valence-electron chi connectivity index (χ3n) is 13.1. The van der Waals surface area contributed by atoms with E-state index in [1.165, 1.54) is 116 Å². The lowest BCUT2D eigenvalue weighted by Gasteiger charge is -2.30. The van der Waals surface area contributed by atoms with E-state index in [0.29, 0.717) is 0 Å². The van der Waals surface area contributed by atoms with Crippen LogP contribution in [0.15, 0.2) is 152 Å². The molecule has 0 saturated heterocycles. The van der Waals surface area contributed by atoms with E-state index in [2.05, 4.69) is 198 Å². The summed E-state index contributed by atoms with van der Waals surface area (Å²) in [6, 6.07) is 57.3. The van der Waals surface area contributed by atoms with Crippen LogP contribution in [0.2, 0.25) is 0 Å². The lowest BCUT2D eigenvalue weighted by atomic mass is 9.78. The van der Waals surface area contributed by atoms with Crippen LogP contribution in [0.1, 0.15) is 61.1 Å². The minimum atomic E-state index is -0.128. The van der Waals surface area contributed by atoms with Crippen LogP contribution in [0.4, 0.5) is 17.1 Å². The van der Waals surface area contributed by atoms with Gasteiger partial charge in [-0.05, 0) is 137 Å². The fourth-order valence-corrected chi connectivity index (χ4v) is 10.9. The minimum absolute atomic E-state index is 0.128. The molecule has 2 aliphatic rings. The fraction of sp³-hybridized carbons (Fsp3) is 0.148. The maximum Gasteiger partial charge on any atom is 0.0519 e. The zero-order chi connectivity index (χ0) is 37.4. The van der Waals surface area contributed by atoms with Crippen LogP contribution in [0.3, 0.4) is 0 Å². The van der Waals surface area contributed by atoms with Crippen LogP contribution in [-0.4, -0.2) is 0 Å². The van der Waals surface area contributed by atoms with Gasteiger partial charge in [0.15, 0.2) is 0 Å². The standard InChI is InChI=1S/C54H43N/c1-32-12-11-13-33(2)52(32)55(38-22-28-42-36(30-38)20-26-46-44-24-18-34-14-7-9-16-40(34)48(44)53(3,4)50(42)46)39-23-29-43-37(31-39)21-27-47-45-25-19-35-15-8-10-17-41(35)49(45)54(5,6)51(43)47/h7-31H,1-6H3. The topological polar surface area (TPSA) is 3.24 Å². The molecule has 0 spiro atoms. The number of rotatable bonds is 3. The van der Waals surface area contributed by atoms with Gasteiger partial charge in [-0.15, -0.1) is 0 Å². The Bertz CT molecular complexity index is 2910. The molecular formula is C54H43N. The van der Waals surface area contributed by atoms with E-state index >= 15 is 0 Å². The molecule has 0 atom stereocenters. The Morgan fingerprint density at radius 2 is 0.709 bits per heavy atom. The number of para-hydroxylation sites is 1. The molecule has 0 aromatic heterocycles. The fourth-order valence-electron chi connectivity index (χ4n) is 10.9. The predicted octanol–water partition coefficient (Wildman–Crippen LogP) is 15.0. The Balaban J connectivity index is 1.08. The molecule has 1 heteroatoms. The van der Waals surface area contributed by atoms with Gasteiger partial charge >= 0.3 is 0 Å². The Morgan fingerprint density at radius 1 is 0.345 bits per heavy atom. The van der Waals surface area contributed by atoms with Crippen LogP contribution >= 0.6 is 0 Å². The molecule has 11 rings (SSSR count). The van der Waals surface area contributed by atoms with Crippen LogP contribution in [0, 0.1) is 13.8 Å². The normalized spacial score (nSPS) is 14.7. The first kappa shape index (κ1) is 32.3. The second-order valence-corrected chi connectivity index (χ2v) is 17.0. The summed E-state index contributed by atoms with van der Waals surface area (Å²) in [6.07, 6.45) is 0. The van der Waals surface area contributed by atoms with Crippen molar-refractivity contribution in [2.24, 2.45) is 0 Å². The van der Waals surface area contributed by atoms with Crippen molar-refractivity contribution >= 4 is 60.2 Å². The molecule has 0 radical (unpaired) electrons. The van der Waals surface area contributed by atoms with E-state index in [1.807, 2.05) is 0 Å². The van der Waals surface area contributed by atoms with Crippen molar-refractivity contribution in [2.75, 3.05) is 4.90 Å². The Morgan fingerprint density at radius 3 is 1.13 bits per heavy atom. The number of anilines is 3. The lowest BCUT2D eigenvalue weighted by Crippen LogP contribution is -2.17. The number of hydrogen-bond donors (Lipinski definition) is 0. The van der Waals surface area contributed by atoms with Crippen LogP contribution in [0.5, 0.6) is 0 Å². The first-order valence-electron chi connectivity index (χ1n) is 19.7. The highest BCUT2D eigenvalue weighted by Gasteiger charge is 2.40. The predicted molar refractivity (Wildman–Crippen MR) is 236 cm³/mol. The molecule has 2 aliphatic carbocycles. The monoisotopic (exact) mass is 705 g/mol. The molecule has 9 aromatic rings. The largest absolute Gasteiger partial charge is 0.310 e. The number of nitrogens with zero attached hydrogens (tertiary/aromatic N) is 1. The van der Waals surface area contributed by atoms with Crippen molar-refractivity contribution in [3.05, 3.63) is 185 Å². The van der Waals surface area contributed by atoms with Crippen LogP contribution in [0.25, 0.3) is 65.3 Å². The van der Waals surface area contributed by atoms with Gasteiger partial charge in [0.25, 0.3) is 0 Å². The van der Waals surface area contributed by atoms with E-state index < -0.39 is 0 Å². The van der Waals surface area contributed by atoms with Gasteiger partial charge in [-0.1, -0.05) is 155 Å². The number of aryl methyl sites for hydroxylation is 2. The van der Waals surface area contributed by atoms with Gasteiger partial charge in [0.1, 0.15) is 0 Å². The summed E-state index contributed by atoms with van der Waals surface area (Å²) < 4.78 is 0. The Kier molecular flexibility index (Phi) is 6.56. The molecular weight excluding hydrogens is 663 g/mol. The average molecular weight is 706 g/mol. The molecule has 1 nitrogen and oxygen atoms in total. The molecule has 0 amide bonds. The smallest absolute Gasteiger partial charge is 0.0519 e. The third-order valence-corrected chi connectivity index (χ3v) is 13.1. The van der Waals surface area contributed by atoms with E-state index in [4.69, 9.17) is 0 Å². The Hall–Kier alpha value is -6.18. The number of hydrogen-bond acceptors (Lipinski definition) is 1. The van der Waals surface area contributed by atoms with Crippen molar-refractivity contribution in [2.45, 2.75) is 52.4 Å². The molecule has 0 bridgehead atoms. The van der Waals surface area contributed by atoms with Crippen molar-refractivity contribution in [1.29, 1.82) is 0 Å². The third kappa shape index (κ3) is 4.36. The molecule has 0 saturated carbocycles. The van der Waals surface area contributed by atoms with Crippen molar-refractivity contribution in [1.82, 2.24) is 0 Å². The van der Waals surface area contributed by atoms with Gasteiger partial charge in [-0.3, -0.25) is 0 Å². The summed E-state index contributed by atoms with van der Waals surface area (Å²) in [7, 11) is 0. The zero-order valence-electron chi connectivity index (χ0n) is 32.4. The molecule has 0 fully saturated rings. The van der Waals surface area contributed by atoms with E-state index in [1.54, 1.807) is 0 Å². The number of fused-ring (bicyclic) bond motifs is 14. The van der Waals surface area contributed by atoms with Gasteiger partial charge in [0.05, 0.1) is 5.69 Å². The van der Waals surface area contributed by atoms with Crippen molar-refractivity contribution in [3.63, 3.8) is 0 Å². The summed E-state index contributed by atoms with van der Waals surface area (Å²) >= 11 is 0. The first-order chi connectivity index (χ1) is 26.6. The quantitative estimate of drug-likeness (QED) is 0.177. The van der Waals surface area contributed by atoms with Crippen LogP contribution < -0.4 is 4.90 Å². The second kappa shape index (κ2) is 11.2. The van der Waals surface area contributed by atoms with Gasteiger partial charge in [-0.25, -0.2) is 0 Å². The molecule has 0 unspecified atom stereocenters. The van der Waals surface area contributed by atoms with Gasteiger partial charge < -0.3 is 4.90 Å². The maximum absolute atomic E-state index is 2.49. The van der Waals surface area contributed by atoms with Crippen LogP contribution in [-0.2, 0) is 10.8 Å². The van der Waals surface area contributed by atoms with E-state index in [0.717, 1.165) is 0 Å². The maximum atomic E-state index is 2.49. The summed E-state index contributed by atoms with van der Waals surface area (Å²) in [5.41, 5.74) is 17.0.